The van der Waals surface area contributed by atoms with Gasteiger partial charge in [0, 0.05) is 6.20 Å². The Kier molecular flexibility index (Phi) is 4.18. The van der Waals surface area contributed by atoms with E-state index in [2.05, 4.69) is 15.4 Å². The second-order valence-electron chi connectivity index (χ2n) is 4.64. The van der Waals surface area contributed by atoms with E-state index in [-0.39, 0.29) is 10.6 Å². The maximum Gasteiger partial charge on any atom is 0.266 e. The average molecular weight is 349 g/mol. The van der Waals surface area contributed by atoms with Gasteiger partial charge in [-0.25, -0.2) is 4.68 Å². The summed E-state index contributed by atoms with van der Waals surface area (Å²) < 4.78 is 1.55. The molecule has 23 heavy (non-hydrogen) atoms. The van der Waals surface area contributed by atoms with Gasteiger partial charge in [0.05, 0.1) is 34.4 Å². The van der Waals surface area contributed by atoms with Crippen LogP contribution in [-0.2, 0) is 0 Å². The fourth-order valence-corrected chi connectivity index (χ4v) is 2.34. The molecule has 1 amide bonds. The first-order valence-electron chi connectivity index (χ1n) is 6.54. The van der Waals surface area contributed by atoms with Crippen LogP contribution in [-0.4, -0.2) is 20.7 Å². The van der Waals surface area contributed by atoms with Crippen molar-refractivity contribution in [2.75, 3.05) is 5.32 Å². The zero-order valence-corrected chi connectivity index (χ0v) is 13.1. The Bertz CT molecular complexity index is 933. The third-order valence-corrected chi connectivity index (χ3v) is 3.66. The first-order valence-corrected chi connectivity index (χ1v) is 7.29. The summed E-state index contributed by atoms with van der Waals surface area (Å²) >= 11 is 11.8. The molecule has 0 aliphatic rings. The number of pyridine rings is 1. The molecule has 0 fully saturated rings. The van der Waals surface area contributed by atoms with Gasteiger partial charge in [-0.15, -0.1) is 0 Å². The Morgan fingerprint density at radius 3 is 2.74 bits per heavy atom. The first kappa shape index (κ1) is 15.3. The fraction of sp³-hybridized carbons (Fsp3) is 0. The van der Waals surface area contributed by atoms with Crippen LogP contribution in [0.15, 0.2) is 53.7 Å². The SMILES string of the molecule is O=C(Nc1cnn(-c2ccccc2Cl)c1)c1c[nH]c(=O)c(Cl)c1. The number of carbonyl (C=O) groups excluding carboxylic acids is 1. The minimum Gasteiger partial charge on any atom is -0.327 e. The van der Waals surface area contributed by atoms with Crippen LogP contribution in [0, 0.1) is 0 Å². The number of aromatic amines is 1. The first-order chi connectivity index (χ1) is 11.0. The predicted octanol–water partition coefficient (Wildman–Crippen LogP) is 3.12. The van der Waals surface area contributed by atoms with Crippen molar-refractivity contribution < 1.29 is 4.79 Å². The van der Waals surface area contributed by atoms with Gasteiger partial charge in [-0.2, -0.15) is 5.10 Å². The highest BCUT2D eigenvalue weighted by Crippen LogP contribution is 2.20. The topological polar surface area (TPSA) is 79.8 Å². The lowest BCUT2D eigenvalue weighted by molar-refractivity contribution is 0.102. The molecule has 0 aliphatic carbocycles. The zero-order valence-electron chi connectivity index (χ0n) is 11.6. The van der Waals surface area contributed by atoms with Gasteiger partial charge in [-0.3, -0.25) is 9.59 Å². The lowest BCUT2D eigenvalue weighted by Crippen LogP contribution is -2.15. The Morgan fingerprint density at radius 2 is 2.00 bits per heavy atom. The third-order valence-electron chi connectivity index (χ3n) is 3.06. The second-order valence-corrected chi connectivity index (χ2v) is 5.46. The number of nitrogens with zero attached hydrogens (tertiary/aromatic N) is 2. The standard InChI is InChI=1S/C15H10Cl2N4O2/c16-11-3-1-2-4-13(11)21-8-10(7-19-21)20-14(22)9-5-12(17)15(23)18-6-9/h1-8H,(H,18,23)(H,20,22). The number of amides is 1. The van der Waals surface area contributed by atoms with Gasteiger partial charge in [0.15, 0.2) is 0 Å². The average Bonchev–Trinajstić information content (AvgIpc) is 2.98. The maximum atomic E-state index is 12.1. The number of hydrogen-bond donors (Lipinski definition) is 2. The van der Waals surface area contributed by atoms with Crippen molar-refractivity contribution in [1.29, 1.82) is 0 Å². The minimum atomic E-state index is -0.449. The van der Waals surface area contributed by atoms with Gasteiger partial charge in [0.25, 0.3) is 11.5 Å². The number of hydrogen-bond acceptors (Lipinski definition) is 3. The normalized spacial score (nSPS) is 10.5. The second kappa shape index (κ2) is 6.28. The molecule has 1 aromatic carbocycles. The molecule has 6 nitrogen and oxygen atoms in total. The number of para-hydroxylation sites is 1. The van der Waals surface area contributed by atoms with Crippen molar-refractivity contribution in [2.24, 2.45) is 0 Å². The zero-order chi connectivity index (χ0) is 16.4. The van der Waals surface area contributed by atoms with Gasteiger partial charge in [0.1, 0.15) is 5.02 Å². The van der Waals surface area contributed by atoms with Crippen LogP contribution in [0.25, 0.3) is 5.69 Å². The molecule has 2 heterocycles. The smallest absolute Gasteiger partial charge is 0.266 e. The summed E-state index contributed by atoms with van der Waals surface area (Å²) in [6, 6.07) is 8.51. The Hall–Kier alpha value is -2.57. The highest BCUT2D eigenvalue weighted by molar-refractivity contribution is 6.32. The van der Waals surface area contributed by atoms with Gasteiger partial charge in [-0.05, 0) is 18.2 Å². The third kappa shape index (κ3) is 3.28. The molecule has 0 bridgehead atoms. The molecular formula is C15H10Cl2N4O2. The molecule has 116 valence electrons. The van der Waals surface area contributed by atoms with Crippen LogP contribution in [0.2, 0.25) is 10.0 Å². The van der Waals surface area contributed by atoms with Gasteiger partial charge in [-0.1, -0.05) is 35.3 Å². The van der Waals surface area contributed by atoms with Crippen LogP contribution in [0.4, 0.5) is 5.69 Å². The van der Waals surface area contributed by atoms with E-state index in [4.69, 9.17) is 23.2 Å². The van der Waals surface area contributed by atoms with E-state index < -0.39 is 11.5 Å². The van der Waals surface area contributed by atoms with E-state index in [0.29, 0.717) is 16.4 Å². The lowest BCUT2D eigenvalue weighted by atomic mass is 10.2. The Morgan fingerprint density at radius 1 is 1.22 bits per heavy atom. The number of aromatic nitrogens is 3. The summed E-state index contributed by atoms with van der Waals surface area (Å²) in [5.41, 5.74) is 0.967. The Balaban J connectivity index is 1.81. The van der Waals surface area contributed by atoms with Crippen LogP contribution in [0.5, 0.6) is 0 Å². The molecule has 2 N–H and O–H groups in total. The molecular weight excluding hydrogens is 339 g/mol. The lowest BCUT2D eigenvalue weighted by Gasteiger charge is -2.04. The number of rotatable bonds is 3. The van der Waals surface area contributed by atoms with Crippen molar-refractivity contribution in [1.82, 2.24) is 14.8 Å². The van der Waals surface area contributed by atoms with E-state index in [1.54, 1.807) is 16.9 Å². The highest BCUT2D eigenvalue weighted by atomic mass is 35.5. The molecule has 0 aliphatic heterocycles. The Labute approximate surface area is 140 Å². The summed E-state index contributed by atoms with van der Waals surface area (Å²) in [4.78, 5) is 25.7. The molecule has 3 aromatic rings. The van der Waals surface area contributed by atoms with Gasteiger partial charge in [0.2, 0.25) is 0 Å². The fourth-order valence-electron chi connectivity index (χ4n) is 1.95. The maximum absolute atomic E-state index is 12.1. The number of benzene rings is 1. The van der Waals surface area contributed by atoms with Crippen molar-refractivity contribution in [2.45, 2.75) is 0 Å². The number of halogens is 2. The van der Waals surface area contributed by atoms with E-state index in [1.807, 2.05) is 18.2 Å². The summed E-state index contributed by atoms with van der Waals surface area (Å²) in [5.74, 6) is -0.415. The summed E-state index contributed by atoms with van der Waals surface area (Å²) in [6.45, 7) is 0. The summed E-state index contributed by atoms with van der Waals surface area (Å²) in [7, 11) is 0. The number of H-pyrrole nitrogens is 1. The van der Waals surface area contributed by atoms with Crippen LogP contribution in [0.1, 0.15) is 10.4 Å². The molecule has 3 rings (SSSR count). The molecule has 0 unspecified atom stereocenters. The largest absolute Gasteiger partial charge is 0.327 e. The van der Waals surface area contributed by atoms with E-state index >= 15 is 0 Å². The van der Waals surface area contributed by atoms with E-state index in [1.165, 1.54) is 18.5 Å². The van der Waals surface area contributed by atoms with Crippen molar-refractivity contribution in [3.8, 4) is 5.69 Å². The van der Waals surface area contributed by atoms with Crippen LogP contribution >= 0.6 is 23.2 Å². The van der Waals surface area contributed by atoms with Crippen molar-refractivity contribution >= 4 is 34.8 Å². The number of carbonyl (C=O) groups is 1. The monoisotopic (exact) mass is 348 g/mol. The van der Waals surface area contributed by atoms with E-state index in [9.17, 15) is 9.59 Å². The van der Waals surface area contributed by atoms with Crippen molar-refractivity contribution in [3.05, 3.63) is 74.9 Å². The summed E-state index contributed by atoms with van der Waals surface area (Å²) in [6.07, 6.45) is 4.42. The van der Waals surface area contributed by atoms with E-state index in [0.717, 1.165) is 0 Å². The molecule has 8 heteroatoms. The molecule has 0 saturated heterocycles. The molecule has 0 spiro atoms. The summed E-state index contributed by atoms with van der Waals surface area (Å²) in [5, 5.41) is 7.32. The van der Waals surface area contributed by atoms with Gasteiger partial charge >= 0.3 is 0 Å². The quantitative estimate of drug-likeness (QED) is 0.762. The predicted molar refractivity (Wildman–Crippen MR) is 88.6 cm³/mol. The minimum absolute atomic E-state index is 0.0515. The van der Waals surface area contributed by atoms with Gasteiger partial charge < -0.3 is 10.3 Å². The number of anilines is 1. The molecule has 0 radical (unpaired) electrons. The molecule has 0 saturated carbocycles. The van der Waals surface area contributed by atoms with Crippen LogP contribution in [0.3, 0.4) is 0 Å². The van der Waals surface area contributed by atoms with Crippen LogP contribution < -0.4 is 10.9 Å². The number of nitrogens with one attached hydrogen (secondary N) is 2. The van der Waals surface area contributed by atoms with Crippen molar-refractivity contribution in [3.63, 3.8) is 0 Å². The molecule has 2 aromatic heterocycles. The highest BCUT2D eigenvalue weighted by Gasteiger charge is 2.11. The molecule has 0 atom stereocenters.